The number of aliphatic carboxylic acids is 1. The van der Waals surface area contributed by atoms with E-state index in [1.165, 1.54) is 9.80 Å². The number of urea groups is 1. The van der Waals surface area contributed by atoms with Crippen LogP contribution < -0.4 is 0 Å². The van der Waals surface area contributed by atoms with Gasteiger partial charge in [-0.3, -0.25) is 0 Å². The zero-order valence-corrected chi connectivity index (χ0v) is 11.7. The molecule has 0 aromatic carbocycles. The third-order valence-electron chi connectivity index (χ3n) is 3.24. The lowest BCUT2D eigenvalue weighted by molar-refractivity contribution is -0.141. The fraction of sp³-hybridized carbons (Fsp3) is 0.833. The topological polar surface area (TPSA) is 84.3 Å². The fourth-order valence-corrected chi connectivity index (χ4v) is 2.20. The molecule has 1 aliphatic rings. The smallest absolute Gasteiger partial charge is 0.326 e. The minimum Gasteiger partial charge on any atom is -0.480 e. The minimum atomic E-state index is -1.06. The molecule has 19 heavy (non-hydrogen) atoms. The highest BCUT2D eigenvalue weighted by atomic mass is 16.4. The van der Waals surface area contributed by atoms with Gasteiger partial charge in [0.25, 0.3) is 0 Å². The molecule has 0 bridgehead atoms. The predicted molar refractivity (Wildman–Crippen MR) is 70.0 cm³/mol. The molecule has 1 aliphatic heterocycles. The lowest BCUT2D eigenvalue weighted by Gasteiger charge is -2.27. The van der Waals surface area contributed by atoms with Gasteiger partial charge < -0.3 is 24.9 Å². The van der Waals surface area contributed by atoms with Crippen molar-refractivity contribution < 1.29 is 19.8 Å². The molecule has 7 nitrogen and oxygen atoms in total. The van der Waals surface area contributed by atoms with Crippen LogP contribution in [0.4, 0.5) is 4.79 Å². The highest BCUT2D eigenvalue weighted by molar-refractivity contribution is 5.83. The standard InChI is InChI=1S/C12H23N3O4/c1-13(2)5-4-6-14(3)12(19)15-8-9(16)7-10(15)11(17)18/h9-10,16H,4-8H2,1-3H3,(H,17,18)/t9-,10-/m0/s1. The van der Waals surface area contributed by atoms with Crippen LogP contribution in [-0.2, 0) is 4.79 Å². The zero-order valence-electron chi connectivity index (χ0n) is 11.7. The second-order valence-corrected chi connectivity index (χ2v) is 5.26. The van der Waals surface area contributed by atoms with Gasteiger partial charge in [-0.15, -0.1) is 0 Å². The summed E-state index contributed by atoms with van der Waals surface area (Å²) in [5, 5.41) is 18.6. The summed E-state index contributed by atoms with van der Waals surface area (Å²) in [7, 11) is 5.57. The van der Waals surface area contributed by atoms with Gasteiger partial charge in [-0.05, 0) is 27.1 Å². The van der Waals surface area contributed by atoms with Gasteiger partial charge in [0.05, 0.1) is 6.10 Å². The molecule has 7 heteroatoms. The van der Waals surface area contributed by atoms with E-state index in [0.29, 0.717) is 6.54 Å². The Morgan fingerprint density at radius 3 is 2.42 bits per heavy atom. The van der Waals surface area contributed by atoms with Gasteiger partial charge in [-0.1, -0.05) is 0 Å². The Kier molecular flexibility index (Phi) is 5.56. The van der Waals surface area contributed by atoms with Crippen molar-refractivity contribution in [3.05, 3.63) is 0 Å². The second-order valence-electron chi connectivity index (χ2n) is 5.26. The quantitative estimate of drug-likeness (QED) is 0.706. The molecule has 0 aromatic heterocycles. The predicted octanol–water partition coefficient (Wildman–Crippen LogP) is -0.490. The van der Waals surface area contributed by atoms with Crippen LogP contribution >= 0.6 is 0 Å². The summed E-state index contributed by atoms with van der Waals surface area (Å²) in [5.41, 5.74) is 0. The van der Waals surface area contributed by atoms with E-state index in [0.717, 1.165) is 13.0 Å². The van der Waals surface area contributed by atoms with E-state index >= 15 is 0 Å². The third kappa shape index (κ3) is 4.36. The average molecular weight is 273 g/mol. The van der Waals surface area contributed by atoms with E-state index in [4.69, 9.17) is 5.11 Å². The summed E-state index contributed by atoms with van der Waals surface area (Å²) in [4.78, 5) is 28.0. The first-order valence-electron chi connectivity index (χ1n) is 6.40. The summed E-state index contributed by atoms with van der Waals surface area (Å²) in [6.07, 6.45) is 0.177. The van der Waals surface area contributed by atoms with Gasteiger partial charge >= 0.3 is 12.0 Å². The number of carbonyl (C=O) groups is 2. The Balaban J connectivity index is 2.53. The van der Waals surface area contributed by atoms with Gasteiger partial charge in [0.15, 0.2) is 0 Å². The van der Waals surface area contributed by atoms with Gasteiger partial charge in [0, 0.05) is 26.6 Å². The van der Waals surface area contributed by atoms with Crippen LogP contribution in [0, 0.1) is 0 Å². The molecule has 0 aromatic rings. The lowest BCUT2D eigenvalue weighted by atomic mass is 10.2. The molecule has 1 heterocycles. The first kappa shape index (κ1) is 15.7. The first-order chi connectivity index (χ1) is 8.82. The van der Waals surface area contributed by atoms with Crippen LogP contribution in [0.5, 0.6) is 0 Å². The zero-order chi connectivity index (χ0) is 14.6. The Morgan fingerprint density at radius 2 is 1.89 bits per heavy atom. The van der Waals surface area contributed by atoms with E-state index in [1.807, 2.05) is 19.0 Å². The minimum absolute atomic E-state index is 0.0911. The molecular formula is C12H23N3O4. The van der Waals surface area contributed by atoms with Crippen molar-refractivity contribution in [3.8, 4) is 0 Å². The normalized spacial score (nSPS) is 22.9. The summed E-state index contributed by atoms with van der Waals surface area (Å²) >= 11 is 0. The summed E-state index contributed by atoms with van der Waals surface area (Å²) in [6.45, 7) is 1.52. The van der Waals surface area contributed by atoms with E-state index in [2.05, 4.69) is 0 Å². The molecule has 2 amide bonds. The third-order valence-corrected chi connectivity index (χ3v) is 3.24. The van der Waals surface area contributed by atoms with Gasteiger partial charge in [0.1, 0.15) is 6.04 Å². The monoisotopic (exact) mass is 273 g/mol. The molecule has 0 unspecified atom stereocenters. The second kappa shape index (κ2) is 6.72. The number of β-amino-alcohol motifs (C(OH)–C–C–N with tert-alkyl or cyclic N) is 1. The SMILES string of the molecule is CN(C)CCCN(C)C(=O)N1C[C@@H](O)C[C@H]1C(=O)O. The Hall–Kier alpha value is -1.34. The number of likely N-dealkylation sites (tertiary alicyclic amines) is 1. The molecule has 0 aliphatic carbocycles. The van der Waals surface area contributed by atoms with Gasteiger partial charge in [-0.2, -0.15) is 0 Å². The van der Waals surface area contributed by atoms with Crippen LogP contribution in [0.15, 0.2) is 0 Å². The van der Waals surface area contributed by atoms with Crippen molar-refractivity contribution in [2.24, 2.45) is 0 Å². The maximum Gasteiger partial charge on any atom is 0.326 e. The Labute approximate surface area is 113 Å². The van der Waals surface area contributed by atoms with Crippen LogP contribution in [0.1, 0.15) is 12.8 Å². The van der Waals surface area contributed by atoms with Crippen molar-refractivity contribution in [1.29, 1.82) is 0 Å². The number of amides is 2. The molecule has 110 valence electrons. The fourth-order valence-electron chi connectivity index (χ4n) is 2.20. The number of carbonyl (C=O) groups excluding carboxylic acids is 1. The molecule has 0 radical (unpaired) electrons. The number of nitrogens with zero attached hydrogens (tertiary/aromatic N) is 3. The van der Waals surface area contributed by atoms with E-state index in [1.54, 1.807) is 7.05 Å². The molecule has 1 fully saturated rings. The molecule has 0 spiro atoms. The maximum atomic E-state index is 12.1. The molecular weight excluding hydrogens is 250 g/mol. The maximum absolute atomic E-state index is 12.1. The molecule has 0 saturated carbocycles. The lowest BCUT2D eigenvalue weighted by Crippen LogP contribution is -2.47. The average Bonchev–Trinajstić information content (AvgIpc) is 2.69. The number of aliphatic hydroxyl groups is 1. The number of carboxylic acids is 1. The Morgan fingerprint density at radius 1 is 1.26 bits per heavy atom. The summed E-state index contributed by atoms with van der Waals surface area (Å²) in [6, 6.07) is -1.25. The number of rotatable bonds is 5. The number of hydrogen-bond acceptors (Lipinski definition) is 4. The largest absolute Gasteiger partial charge is 0.480 e. The number of aliphatic hydroxyl groups excluding tert-OH is 1. The van der Waals surface area contributed by atoms with E-state index in [-0.39, 0.29) is 19.0 Å². The van der Waals surface area contributed by atoms with Crippen molar-refractivity contribution >= 4 is 12.0 Å². The van der Waals surface area contributed by atoms with E-state index < -0.39 is 18.1 Å². The van der Waals surface area contributed by atoms with E-state index in [9.17, 15) is 14.7 Å². The molecule has 2 N–H and O–H groups in total. The van der Waals surface area contributed by atoms with Crippen molar-refractivity contribution in [2.75, 3.05) is 40.8 Å². The number of carboxylic acid groups (broad SMARTS) is 1. The van der Waals surface area contributed by atoms with Crippen molar-refractivity contribution in [2.45, 2.75) is 25.0 Å². The van der Waals surface area contributed by atoms with Crippen LogP contribution in [0.2, 0.25) is 0 Å². The van der Waals surface area contributed by atoms with Crippen LogP contribution in [0.3, 0.4) is 0 Å². The molecule has 2 atom stereocenters. The van der Waals surface area contributed by atoms with Gasteiger partial charge in [-0.25, -0.2) is 9.59 Å². The van der Waals surface area contributed by atoms with Gasteiger partial charge in [0.2, 0.25) is 0 Å². The highest BCUT2D eigenvalue weighted by Gasteiger charge is 2.39. The highest BCUT2D eigenvalue weighted by Crippen LogP contribution is 2.19. The summed E-state index contributed by atoms with van der Waals surface area (Å²) < 4.78 is 0. The van der Waals surface area contributed by atoms with Crippen LogP contribution in [-0.4, -0.2) is 89.8 Å². The van der Waals surface area contributed by atoms with Crippen LogP contribution in [0.25, 0.3) is 0 Å². The summed E-state index contributed by atoms with van der Waals surface area (Å²) in [5.74, 6) is -1.06. The number of hydrogen-bond donors (Lipinski definition) is 2. The van der Waals surface area contributed by atoms with Crippen molar-refractivity contribution in [3.63, 3.8) is 0 Å². The molecule has 1 rings (SSSR count). The van der Waals surface area contributed by atoms with Crippen molar-refractivity contribution in [1.82, 2.24) is 14.7 Å². The molecule has 1 saturated heterocycles. The Bertz CT molecular complexity index is 335. The first-order valence-corrected chi connectivity index (χ1v) is 6.40.